The summed E-state index contributed by atoms with van der Waals surface area (Å²) < 4.78 is 31.5. The fourth-order valence-electron chi connectivity index (χ4n) is 1.38. The number of hydrogen-bond acceptors (Lipinski definition) is 3. The number of rotatable bonds is 4. The highest BCUT2D eigenvalue weighted by Gasteiger charge is 2.25. The SMILES string of the molecule is COc1cc(F)c(C(N)C(C)C(=O)O)cc1F. The lowest BCUT2D eigenvalue weighted by atomic mass is 9.95. The van der Waals surface area contributed by atoms with Gasteiger partial charge in [0.05, 0.1) is 13.0 Å². The first-order chi connectivity index (χ1) is 7.88. The number of nitrogens with two attached hydrogens (primary N) is 1. The van der Waals surface area contributed by atoms with Crippen molar-refractivity contribution in [2.75, 3.05) is 7.11 Å². The van der Waals surface area contributed by atoms with Crippen molar-refractivity contribution in [3.8, 4) is 5.75 Å². The first-order valence-corrected chi connectivity index (χ1v) is 4.89. The molecular formula is C11H13F2NO3. The normalized spacial score (nSPS) is 14.2. The van der Waals surface area contributed by atoms with Gasteiger partial charge < -0.3 is 15.6 Å². The van der Waals surface area contributed by atoms with E-state index in [9.17, 15) is 13.6 Å². The Labute approximate surface area is 97.0 Å². The second-order valence-electron chi connectivity index (χ2n) is 3.66. The second-order valence-corrected chi connectivity index (χ2v) is 3.66. The molecule has 3 N–H and O–H groups in total. The topological polar surface area (TPSA) is 72.5 Å². The molecule has 1 aromatic carbocycles. The Bertz CT molecular complexity index is 437. The lowest BCUT2D eigenvalue weighted by Gasteiger charge is -2.17. The number of aliphatic carboxylic acids is 1. The molecule has 2 unspecified atom stereocenters. The third-order valence-corrected chi connectivity index (χ3v) is 2.56. The van der Waals surface area contributed by atoms with Gasteiger partial charge in [-0.3, -0.25) is 4.79 Å². The molecule has 0 saturated carbocycles. The van der Waals surface area contributed by atoms with Crippen LogP contribution in [0.2, 0.25) is 0 Å². The third kappa shape index (κ3) is 2.71. The van der Waals surface area contributed by atoms with Gasteiger partial charge in [0.2, 0.25) is 0 Å². The first kappa shape index (κ1) is 13.4. The fraction of sp³-hybridized carbons (Fsp3) is 0.364. The van der Waals surface area contributed by atoms with Gasteiger partial charge in [0.1, 0.15) is 5.82 Å². The van der Waals surface area contributed by atoms with E-state index in [0.717, 1.165) is 12.1 Å². The zero-order chi connectivity index (χ0) is 13.2. The Balaban J connectivity index is 3.14. The summed E-state index contributed by atoms with van der Waals surface area (Å²) in [7, 11) is 1.21. The van der Waals surface area contributed by atoms with Crippen LogP contribution in [0.1, 0.15) is 18.5 Å². The zero-order valence-corrected chi connectivity index (χ0v) is 9.41. The summed E-state index contributed by atoms with van der Waals surface area (Å²) in [5.41, 5.74) is 5.39. The number of benzene rings is 1. The highest BCUT2D eigenvalue weighted by molar-refractivity contribution is 5.70. The number of carboxylic acid groups (broad SMARTS) is 1. The summed E-state index contributed by atoms with van der Waals surface area (Å²) in [6, 6.07) is 0.588. The van der Waals surface area contributed by atoms with Gasteiger partial charge in [-0.2, -0.15) is 0 Å². The quantitative estimate of drug-likeness (QED) is 0.846. The summed E-state index contributed by atoms with van der Waals surface area (Å²) in [5.74, 6) is -4.01. The smallest absolute Gasteiger partial charge is 0.308 e. The van der Waals surface area contributed by atoms with Gasteiger partial charge in [0.15, 0.2) is 11.6 Å². The summed E-state index contributed by atoms with van der Waals surface area (Å²) in [6.07, 6.45) is 0. The van der Waals surface area contributed by atoms with Gasteiger partial charge in [0, 0.05) is 17.7 Å². The summed E-state index contributed by atoms with van der Waals surface area (Å²) in [5, 5.41) is 8.75. The minimum absolute atomic E-state index is 0.182. The Hall–Kier alpha value is -1.69. The number of carbonyl (C=O) groups is 1. The maximum absolute atomic E-state index is 13.6. The number of carboxylic acids is 1. The van der Waals surface area contributed by atoms with Crippen molar-refractivity contribution in [2.45, 2.75) is 13.0 Å². The van der Waals surface area contributed by atoms with Crippen LogP contribution in [0.3, 0.4) is 0 Å². The molecule has 0 aromatic heterocycles. The molecule has 17 heavy (non-hydrogen) atoms. The predicted octanol–water partition coefficient (Wildman–Crippen LogP) is 1.69. The van der Waals surface area contributed by atoms with Crippen LogP contribution in [0.15, 0.2) is 12.1 Å². The summed E-state index contributed by atoms with van der Waals surface area (Å²) in [6.45, 7) is 1.33. The third-order valence-electron chi connectivity index (χ3n) is 2.56. The van der Waals surface area contributed by atoms with Crippen LogP contribution >= 0.6 is 0 Å². The molecule has 1 rings (SSSR count). The van der Waals surface area contributed by atoms with E-state index < -0.39 is 29.6 Å². The van der Waals surface area contributed by atoms with E-state index in [4.69, 9.17) is 10.8 Å². The van der Waals surface area contributed by atoms with E-state index in [2.05, 4.69) is 4.74 Å². The Morgan fingerprint density at radius 3 is 2.47 bits per heavy atom. The molecular weight excluding hydrogens is 232 g/mol. The predicted molar refractivity (Wildman–Crippen MR) is 56.6 cm³/mol. The Kier molecular flexibility index (Phi) is 4.01. The van der Waals surface area contributed by atoms with E-state index in [1.807, 2.05) is 0 Å². The van der Waals surface area contributed by atoms with E-state index in [1.165, 1.54) is 14.0 Å². The summed E-state index contributed by atoms with van der Waals surface area (Å²) in [4.78, 5) is 10.7. The Morgan fingerprint density at radius 1 is 1.41 bits per heavy atom. The van der Waals surface area contributed by atoms with Crippen LogP contribution < -0.4 is 10.5 Å². The molecule has 0 aliphatic heterocycles. The number of hydrogen-bond donors (Lipinski definition) is 2. The van der Waals surface area contributed by atoms with Gasteiger partial charge in [-0.15, -0.1) is 0 Å². The monoisotopic (exact) mass is 245 g/mol. The van der Waals surface area contributed by atoms with E-state index in [-0.39, 0.29) is 11.3 Å². The lowest BCUT2D eigenvalue weighted by Crippen LogP contribution is -2.26. The first-order valence-electron chi connectivity index (χ1n) is 4.89. The molecule has 0 aliphatic rings. The molecule has 94 valence electrons. The molecule has 0 amide bonds. The van der Waals surface area contributed by atoms with Gasteiger partial charge in [-0.25, -0.2) is 8.78 Å². The van der Waals surface area contributed by atoms with E-state index in [0.29, 0.717) is 0 Å². The van der Waals surface area contributed by atoms with Crippen LogP contribution in [0.25, 0.3) is 0 Å². The van der Waals surface area contributed by atoms with Crippen molar-refractivity contribution in [2.24, 2.45) is 11.7 Å². The van der Waals surface area contributed by atoms with Crippen molar-refractivity contribution in [3.63, 3.8) is 0 Å². The van der Waals surface area contributed by atoms with Gasteiger partial charge in [-0.05, 0) is 6.07 Å². The molecule has 6 heteroatoms. The molecule has 0 aliphatic carbocycles. The molecule has 0 spiro atoms. The van der Waals surface area contributed by atoms with Crippen LogP contribution in [0, 0.1) is 17.6 Å². The number of methoxy groups -OCH3 is 1. The minimum atomic E-state index is -1.17. The molecule has 0 heterocycles. The minimum Gasteiger partial charge on any atom is -0.494 e. The molecule has 4 nitrogen and oxygen atoms in total. The molecule has 0 saturated heterocycles. The molecule has 0 fully saturated rings. The maximum Gasteiger partial charge on any atom is 0.308 e. The lowest BCUT2D eigenvalue weighted by molar-refractivity contribution is -0.141. The van der Waals surface area contributed by atoms with Crippen LogP contribution in [-0.2, 0) is 4.79 Å². The largest absolute Gasteiger partial charge is 0.494 e. The zero-order valence-electron chi connectivity index (χ0n) is 9.41. The average Bonchev–Trinajstić information content (AvgIpc) is 2.29. The van der Waals surface area contributed by atoms with Crippen molar-refractivity contribution in [1.29, 1.82) is 0 Å². The second kappa shape index (κ2) is 5.09. The maximum atomic E-state index is 13.6. The van der Waals surface area contributed by atoms with Crippen molar-refractivity contribution in [3.05, 3.63) is 29.3 Å². The average molecular weight is 245 g/mol. The van der Waals surface area contributed by atoms with Crippen LogP contribution in [-0.4, -0.2) is 18.2 Å². The highest BCUT2D eigenvalue weighted by Crippen LogP contribution is 2.27. The number of halogens is 2. The van der Waals surface area contributed by atoms with E-state index >= 15 is 0 Å². The molecule has 1 aromatic rings. The van der Waals surface area contributed by atoms with Crippen LogP contribution in [0.5, 0.6) is 5.75 Å². The molecule has 0 radical (unpaired) electrons. The molecule has 2 atom stereocenters. The fourth-order valence-corrected chi connectivity index (χ4v) is 1.38. The number of ether oxygens (including phenoxy) is 1. The molecule has 0 bridgehead atoms. The summed E-state index contributed by atoms with van der Waals surface area (Å²) >= 11 is 0. The van der Waals surface area contributed by atoms with Crippen molar-refractivity contribution >= 4 is 5.97 Å². The van der Waals surface area contributed by atoms with Crippen LogP contribution in [0.4, 0.5) is 8.78 Å². The van der Waals surface area contributed by atoms with Crippen molar-refractivity contribution < 1.29 is 23.4 Å². The standard InChI is InChI=1S/C11H13F2NO3/c1-5(11(15)16)10(14)6-3-8(13)9(17-2)4-7(6)12/h3-5,10H,14H2,1-2H3,(H,15,16). The Morgan fingerprint density at radius 2 is 2.00 bits per heavy atom. The van der Waals surface area contributed by atoms with Gasteiger partial charge in [0.25, 0.3) is 0 Å². The van der Waals surface area contributed by atoms with Gasteiger partial charge in [-0.1, -0.05) is 6.92 Å². The highest BCUT2D eigenvalue weighted by atomic mass is 19.1. The van der Waals surface area contributed by atoms with E-state index in [1.54, 1.807) is 0 Å². The van der Waals surface area contributed by atoms with Crippen molar-refractivity contribution in [1.82, 2.24) is 0 Å². The van der Waals surface area contributed by atoms with Gasteiger partial charge >= 0.3 is 5.97 Å².